The van der Waals surface area contributed by atoms with Crippen LogP contribution in [0, 0.1) is 0 Å². The molecule has 0 N–H and O–H groups in total. The maximum Gasteiger partial charge on any atom is 0.0490 e. The van der Waals surface area contributed by atoms with Gasteiger partial charge in [-0.1, -0.05) is 110 Å². The Hall–Kier alpha value is -2.83. The molecule has 0 fully saturated rings. The first-order chi connectivity index (χ1) is 13.6. The summed E-state index contributed by atoms with van der Waals surface area (Å²) in [6.45, 7) is 4.63. The molecule has 5 rings (SSSR count). The molecule has 136 valence electrons. The lowest BCUT2D eigenvalue weighted by Crippen LogP contribution is -2.14. The van der Waals surface area contributed by atoms with Gasteiger partial charge in [-0.15, -0.1) is 0 Å². The van der Waals surface area contributed by atoms with Crippen LogP contribution in [0.15, 0.2) is 91.0 Å². The summed E-state index contributed by atoms with van der Waals surface area (Å²) in [6, 6.07) is 32.1. The lowest BCUT2D eigenvalue weighted by molar-refractivity contribution is 0.660. The molecular formula is C27H21Cl. The van der Waals surface area contributed by atoms with E-state index in [4.69, 9.17) is 11.6 Å². The number of benzene rings is 4. The topological polar surface area (TPSA) is 0 Å². The SMILES string of the molecule is CC1(C)c2ccccc2-c2c(-c3cccc(Cl)c3-c3ccccc3)cccc21. The third kappa shape index (κ3) is 2.45. The van der Waals surface area contributed by atoms with Crippen LogP contribution < -0.4 is 0 Å². The monoisotopic (exact) mass is 380 g/mol. The summed E-state index contributed by atoms with van der Waals surface area (Å²) in [5, 5.41) is 0.784. The maximum absolute atomic E-state index is 6.72. The quantitative estimate of drug-likeness (QED) is 0.330. The van der Waals surface area contributed by atoms with Gasteiger partial charge in [0.2, 0.25) is 0 Å². The number of halogens is 1. The van der Waals surface area contributed by atoms with E-state index in [0.29, 0.717) is 0 Å². The first-order valence-corrected chi connectivity index (χ1v) is 10.0. The predicted molar refractivity (Wildman–Crippen MR) is 120 cm³/mol. The highest BCUT2D eigenvalue weighted by atomic mass is 35.5. The van der Waals surface area contributed by atoms with E-state index in [9.17, 15) is 0 Å². The summed E-state index contributed by atoms with van der Waals surface area (Å²) < 4.78 is 0. The van der Waals surface area contributed by atoms with Crippen molar-refractivity contribution in [2.45, 2.75) is 19.3 Å². The summed E-state index contributed by atoms with van der Waals surface area (Å²) in [7, 11) is 0. The first kappa shape index (κ1) is 17.3. The van der Waals surface area contributed by atoms with Crippen molar-refractivity contribution < 1.29 is 0 Å². The summed E-state index contributed by atoms with van der Waals surface area (Å²) in [4.78, 5) is 0. The second kappa shape index (κ2) is 6.36. The van der Waals surface area contributed by atoms with E-state index in [1.807, 2.05) is 12.1 Å². The van der Waals surface area contributed by atoms with Crippen molar-refractivity contribution in [3.8, 4) is 33.4 Å². The molecule has 1 aliphatic rings. The molecule has 0 atom stereocenters. The lowest BCUT2D eigenvalue weighted by Gasteiger charge is -2.22. The van der Waals surface area contributed by atoms with Gasteiger partial charge in [-0.05, 0) is 45.0 Å². The molecule has 0 aliphatic heterocycles. The molecule has 4 aromatic rings. The van der Waals surface area contributed by atoms with E-state index in [1.54, 1.807) is 0 Å². The van der Waals surface area contributed by atoms with Crippen molar-refractivity contribution in [3.63, 3.8) is 0 Å². The fraction of sp³-hybridized carbons (Fsp3) is 0.111. The zero-order chi connectivity index (χ0) is 19.3. The molecular weight excluding hydrogens is 360 g/mol. The molecule has 0 amide bonds. The maximum atomic E-state index is 6.72. The van der Waals surface area contributed by atoms with Gasteiger partial charge < -0.3 is 0 Å². The van der Waals surface area contributed by atoms with Crippen LogP contribution in [0.5, 0.6) is 0 Å². The van der Waals surface area contributed by atoms with Crippen LogP contribution in [0.4, 0.5) is 0 Å². The molecule has 4 aromatic carbocycles. The Kier molecular flexibility index (Phi) is 3.92. The van der Waals surface area contributed by atoms with Gasteiger partial charge in [-0.3, -0.25) is 0 Å². The molecule has 0 nitrogen and oxygen atoms in total. The highest BCUT2D eigenvalue weighted by Gasteiger charge is 2.36. The highest BCUT2D eigenvalue weighted by molar-refractivity contribution is 6.34. The average Bonchev–Trinajstić information content (AvgIpc) is 2.96. The minimum Gasteiger partial charge on any atom is -0.0836 e. The number of rotatable bonds is 2. The Labute approximate surface area is 171 Å². The second-order valence-electron chi connectivity index (χ2n) is 7.93. The van der Waals surface area contributed by atoms with Crippen molar-refractivity contribution in [1.82, 2.24) is 0 Å². The van der Waals surface area contributed by atoms with Crippen LogP contribution in [-0.4, -0.2) is 0 Å². The predicted octanol–water partition coefficient (Wildman–Crippen LogP) is 7.98. The fourth-order valence-corrected chi connectivity index (χ4v) is 4.91. The summed E-state index contributed by atoms with van der Waals surface area (Å²) in [5.41, 5.74) is 10.1. The summed E-state index contributed by atoms with van der Waals surface area (Å²) >= 11 is 6.72. The molecule has 0 saturated heterocycles. The van der Waals surface area contributed by atoms with Crippen molar-refractivity contribution in [2.24, 2.45) is 0 Å². The number of hydrogen-bond acceptors (Lipinski definition) is 0. The molecule has 0 heterocycles. The van der Waals surface area contributed by atoms with Crippen LogP contribution in [-0.2, 0) is 5.41 Å². The van der Waals surface area contributed by atoms with E-state index < -0.39 is 0 Å². The molecule has 0 aromatic heterocycles. The van der Waals surface area contributed by atoms with Gasteiger partial charge in [0.25, 0.3) is 0 Å². The Bertz CT molecular complexity index is 1190. The molecule has 28 heavy (non-hydrogen) atoms. The normalized spacial score (nSPS) is 13.8. The molecule has 0 bridgehead atoms. The smallest absolute Gasteiger partial charge is 0.0490 e. The van der Waals surface area contributed by atoms with Gasteiger partial charge in [-0.25, -0.2) is 0 Å². The zero-order valence-corrected chi connectivity index (χ0v) is 16.8. The molecule has 0 saturated carbocycles. The summed E-state index contributed by atoms with van der Waals surface area (Å²) in [5.74, 6) is 0. The minimum absolute atomic E-state index is 0.00653. The van der Waals surface area contributed by atoms with Crippen LogP contribution in [0.3, 0.4) is 0 Å². The van der Waals surface area contributed by atoms with Crippen LogP contribution in [0.25, 0.3) is 33.4 Å². The fourth-order valence-electron chi connectivity index (χ4n) is 4.63. The van der Waals surface area contributed by atoms with Crippen LogP contribution >= 0.6 is 11.6 Å². The van der Waals surface area contributed by atoms with Crippen molar-refractivity contribution >= 4 is 11.6 Å². The molecule has 0 unspecified atom stereocenters. The van der Waals surface area contributed by atoms with Crippen LogP contribution in [0.2, 0.25) is 5.02 Å². The minimum atomic E-state index is -0.00653. The highest BCUT2D eigenvalue weighted by Crippen LogP contribution is 2.53. The Morgan fingerprint density at radius 3 is 1.89 bits per heavy atom. The number of hydrogen-bond donors (Lipinski definition) is 0. The van der Waals surface area contributed by atoms with Gasteiger partial charge in [-0.2, -0.15) is 0 Å². The third-order valence-electron chi connectivity index (χ3n) is 5.97. The van der Waals surface area contributed by atoms with E-state index in [0.717, 1.165) is 16.1 Å². The van der Waals surface area contributed by atoms with Gasteiger partial charge in [0.1, 0.15) is 0 Å². The van der Waals surface area contributed by atoms with E-state index in [2.05, 4.69) is 92.7 Å². The Balaban J connectivity index is 1.85. The van der Waals surface area contributed by atoms with E-state index >= 15 is 0 Å². The van der Waals surface area contributed by atoms with Crippen LogP contribution in [0.1, 0.15) is 25.0 Å². The standard InChI is InChI=1S/C27H21Cl/c1-27(2)22-15-7-6-12-21(22)26-20(13-8-16-23(26)27)19-14-9-17-24(28)25(19)18-10-4-3-5-11-18/h3-17H,1-2H3. The van der Waals surface area contributed by atoms with Gasteiger partial charge >= 0.3 is 0 Å². The Morgan fingerprint density at radius 2 is 1.11 bits per heavy atom. The second-order valence-corrected chi connectivity index (χ2v) is 8.33. The number of fused-ring (bicyclic) bond motifs is 3. The van der Waals surface area contributed by atoms with Gasteiger partial charge in [0, 0.05) is 16.0 Å². The molecule has 0 spiro atoms. The third-order valence-corrected chi connectivity index (χ3v) is 6.29. The molecule has 0 radical (unpaired) electrons. The van der Waals surface area contributed by atoms with Crippen molar-refractivity contribution in [3.05, 3.63) is 107 Å². The van der Waals surface area contributed by atoms with Crippen molar-refractivity contribution in [2.75, 3.05) is 0 Å². The van der Waals surface area contributed by atoms with Gasteiger partial charge in [0.15, 0.2) is 0 Å². The largest absolute Gasteiger partial charge is 0.0836 e. The Morgan fingerprint density at radius 1 is 0.536 bits per heavy atom. The molecule has 1 heteroatoms. The first-order valence-electron chi connectivity index (χ1n) is 9.67. The lowest BCUT2D eigenvalue weighted by atomic mass is 9.81. The van der Waals surface area contributed by atoms with E-state index in [1.165, 1.54) is 33.4 Å². The molecule has 1 aliphatic carbocycles. The summed E-state index contributed by atoms with van der Waals surface area (Å²) in [6.07, 6.45) is 0. The zero-order valence-electron chi connectivity index (χ0n) is 16.0. The van der Waals surface area contributed by atoms with Crippen molar-refractivity contribution in [1.29, 1.82) is 0 Å². The average molecular weight is 381 g/mol. The van der Waals surface area contributed by atoms with Gasteiger partial charge in [0.05, 0.1) is 0 Å². The van der Waals surface area contributed by atoms with E-state index in [-0.39, 0.29) is 5.41 Å².